The van der Waals surface area contributed by atoms with E-state index in [0.29, 0.717) is 0 Å². The summed E-state index contributed by atoms with van der Waals surface area (Å²) < 4.78 is 42.3. The van der Waals surface area contributed by atoms with E-state index in [1.165, 1.54) is 51.0 Å². The fourth-order valence-electron chi connectivity index (χ4n) is 5.38. The zero-order valence-electron chi connectivity index (χ0n) is 16.4. The van der Waals surface area contributed by atoms with Crippen molar-refractivity contribution in [1.82, 2.24) is 0 Å². The van der Waals surface area contributed by atoms with Crippen LogP contribution >= 0.6 is 0 Å². The summed E-state index contributed by atoms with van der Waals surface area (Å²) in [5.74, 6) is 2.73. The molecule has 2 fully saturated rings. The van der Waals surface area contributed by atoms with Gasteiger partial charge in [-0.25, -0.2) is 0 Å². The first-order valence-electron chi connectivity index (χ1n) is 10.8. The minimum absolute atomic E-state index is 0.00937. The largest absolute Gasteiger partial charge is 0.573 e. The normalized spacial score (nSPS) is 29.5. The molecular formula is C23H33F3O. The zero-order chi connectivity index (χ0) is 19.3. The highest BCUT2D eigenvalue weighted by molar-refractivity contribution is 5.36. The van der Waals surface area contributed by atoms with Crippen LogP contribution in [0.25, 0.3) is 0 Å². The van der Waals surface area contributed by atoms with Gasteiger partial charge < -0.3 is 4.74 Å². The maximum absolute atomic E-state index is 12.7. The van der Waals surface area contributed by atoms with E-state index in [9.17, 15) is 13.2 Å². The van der Waals surface area contributed by atoms with Crippen molar-refractivity contribution >= 4 is 0 Å². The second kappa shape index (κ2) is 9.34. The van der Waals surface area contributed by atoms with E-state index in [2.05, 4.69) is 11.7 Å². The van der Waals surface area contributed by atoms with Crippen molar-refractivity contribution in [2.45, 2.75) is 89.8 Å². The molecule has 1 nitrogen and oxygen atoms in total. The van der Waals surface area contributed by atoms with E-state index >= 15 is 0 Å². The molecule has 1 aromatic rings. The molecule has 2 aliphatic rings. The number of para-hydroxylation sites is 1. The number of benzene rings is 1. The van der Waals surface area contributed by atoms with E-state index in [-0.39, 0.29) is 11.7 Å². The molecular weight excluding hydrogens is 349 g/mol. The lowest BCUT2D eigenvalue weighted by Crippen LogP contribution is -2.26. The van der Waals surface area contributed by atoms with Crippen LogP contribution in [0.15, 0.2) is 24.3 Å². The quantitative estimate of drug-likeness (QED) is 0.486. The fourth-order valence-corrected chi connectivity index (χ4v) is 5.38. The van der Waals surface area contributed by atoms with Crippen molar-refractivity contribution in [1.29, 1.82) is 0 Å². The number of hydrogen-bond donors (Lipinski definition) is 0. The minimum Gasteiger partial charge on any atom is -0.405 e. The molecule has 0 heterocycles. The molecule has 0 aromatic heterocycles. The lowest BCUT2D eigenvalue weighted by Gasteiger charge is -2.38. The van der Waals surface area contributed by atoms with Crippen LogP contribution in [0.5, 0.6) is 5.75 Å². The molecule has 27 heavy (non-hydrogen) atoms. The van der Waals surface area contributed by atoms with Gasteiger partial charge in [0.1, 0.15) is 5.75 Å². The van der Waals surface area contributed by atoms with Gasteiger partial charge in [-0.05, 0) is 73.8 Å². The van der Waals surface area contributed by atoms with Gasteiger partial charge >= 0.3 is 6.36 Å². The predicted molar refractivity (Wildman–Crippen MR) is 103 cm³/mol. The van der Waals surface area contributed by atoms with Crippen molar-refractivity contribution in [3.63, 3.8) is 0 Å². The Morgan fingerprint density at radius 3 is 2.07 bits per heavy atom. The molecule has 0 saturated heterocycles. The summed E-state index contributed by atoms with van der Waals surface area (Å²) >= 11 is 0. The van der Waals surface area contributed by atoms with Crippen LogP contribution in [-0.2, 0) is 0 Å². The topological polar surface area (TPSA) is 9.23 Å². The standard InChI is InChI=1S/C23H33F3O/c1-2-3-6-17-9-11-18(12-10-17)19-13-15-20(16-14-19)21-7-4-5-8-22(21)27-23(24,25)26/h4-5,7-8,17-20H,2-3,6,9-16H2,1H3. The number of alkyl halides is 3. The Morgan fingerprint density at radius 1 is 0.889 bits per heavy atom. The van der Waals surface area contributed by atoms with Gasteiger partial charge in [-0.15, -0.1) is 13.2 Å². The van der Waals surface area contributed by atoms with Gasteiger partial charge in [0, 0.05) is 0 Å². The second-order valence-corrected chi connectivity index (χ2v) is 8.62. The van der Waals surface area contributed by atoms with E-state index < -0.39 is 6.36 Å². The molecule has 0 radical (unpaired) electrons. The van der Waals surface area contributed by atoms with Gasteiger partial charge in [0.2, 0.25) is 0 Å². The maximum atomic E-state index is 12.7. The molecule has 4 heteroatoms. The van der Waals surface area contributed by atoms with Gasteiger partial charge in [0.25, 0.3) is 0 Å². The number of unbranched alkanes of at least 4 members (excludes halogenated alkanes) is 1. The lowest BCUT2D eigenvalue weighted by atomic mass is 9.68. The summed E-state index contributed by atoms with van der Waals surface area (Å²) in [5, 5.41) is 0. The maximum Gasteiger partial charge on any atom is 0.573 e. The van der Waals surface area contributed by atoms with Crippen LogP contribution in [-0.4, -0.2) is 6.36 Å². The summed E-state index contributed by atoms with van der Waals surface area (Å²) in [4.78, 5) is 0. The third-order valence-electron chi connectivity index (χ3n) is 6.88. The van der Waals surface area contributed by atoms with Crippen LogP contribution in [0.3, 0.4) is 0 Å². The van der Waals surface area contributed by atoms with E-state index in [1.807, 2.05) is 12.1 Å². The highest BCUT2D eigenvalue weighted by Crippen LogP contribution is 2.46. The highest BCUT2D eigenvalue weighted by Gasteiger charge is 2.35. The van der Waals surface area contributed by atoms with Gasteiger partial charge in [0.15, 0.2) is 0 Å². The number of hydrogen-bond acceptors (Lipinski definition) is 1. The third-order valence-corrected chi connectivity index (χ3v) is 6.88. The summed E-state index contributed by atoms with van der Waals surface area (Å²) in [5.41, 5.74) is 0.733. The van der Waals surface area contributed by atoms with Gasteiger partial charge in [0.05, 0.1) is 0 Å². The van der Waals surface area contributed by atoms with Crippen LogP contribution < -0.4 is 4.74 Å². The zero-order valence-corrected chi connectivity index (χ0v) is 16.4. The Morgan fingerprint density at radius 2 is 1.48 bits per heavy atom. The van der Waals surface area contributed by atoms with Crippen molar-refractivity contribution in [2.24, 2.45) is 17.8 Å². The Labute approximate surface area is 161 Å². The Hall–Kier alpha value is -1.19. The van der Waals surface area contributed by atoms with Crippen molar-refractivity contribution in [2.75, 3.05) is 0 Å². The number of rotatable bonds is 6. The first-order chi connectivity index (χ1) is 13.0. The molecule has 0 aliphatic heterocycles. The van der Waals surface area contributed by atoms with E-state index in [4.69, 9.17) is 0 Å². The average molecular weight is 383 g/mol. The molecule has 0 bridgehead atoms. The lowest BCUT2D eigenvalue weighted by molar-refractivity contribution is -0.275. The second-order valence-electron chi connectivity index (χ2n) is 8.62. The summed E-state index contributed by atoms with van der Waals surface area (Å²) in [6, 6.07) is 6.70. The van der Waals surface area contributed by atoms with Crippen LogP contribution in [0.4, 0.5) is 13.2 Å². The molecule has 0 N–H and O–H groups in total. The first-order valence-corrected chi connectivity index (χ1v) is 10.8. The van der Waals surface area contributed by atoms with Gasteiger partial charge in [-0.2, -0.15) is 0 Å². The van der Waals surface area contributed by atoms with Gasteiger partial charge in [-0.3, -0.25) is 0 Å². The van der Waals surface area contributed by atoms with Crippen molar-refractivity contribution in [3.05, 3.63) is 29.8 Å². The summed E-state index contributed by atoms with van der Waals surface area (Å²) in [6.07, 6.45) is 9.18. The Kier molecular flexibility index (Phi) is 7.10. The minimum atomic E-state index is -4.62. The summed E-state index contributed by atoms with van der Waals surface area (Å²) in [7, 11) is 0. The highest BCUT2D eigenvalue weighted by atomic mass is 19.4. The Balaban J connectivity index is 1.51. The van der Waals surface area contributed by atoms with Crippen molar-refractivity contribution < 1.29 is 17.9 Å². The first kappa shape index (κ1) is 20.5. The number of halogens is 3. The van der Waals surface area contributed by atoms with Crippen molar-refractivity contribution in [3.8, 4) is 5.75 Å². The number of ether oxygens (including phenoxy) is 1. The monoisotopic (exact) mass is 382 g/mol. The molecule has 0 amide bonds. The Bertz CT molecular complexity index is 567. The molecule has 1 aromatic carbocycles. The SMILES string of the molecule is CCCCC1CCC(C2CCC(c3ccccc3OC(F)(F)F)CC2)CC1. The molecule has 0 spiro atoms. The third kappa shape index (κ3) is 5.89. The predicted octanol–water partition coefficient (Wildman–Crippen LogP) is 7.86. The van der Waals surface area contributed by atoms with Gasteiger partial charge in [-0.1, -0.05) is 57.2 Å². The van der Waals surface area contributed by atoms with E-state index in [1.54, 1.807) is 6.07 Å². The molecule has 3 rings (SSSR count). The van der Waals surface area contributed by atoms with E-state index in [0.717, 1.165) is 49.0 Å². The molecule has 0 unspecified atom stereocenters. The smallest absolute Gasteiger partial charge is 0.405 e. The molecule has 2 saturated carbocycles. The van der Waals surface area contributed by atoms with Crippen LogP contribution in [0.1, 0.15) is 89.0 Å². The van der Waals surface area contributed by atoms with Crippen LogP contribution in [0.2, 0.25) is 0 Å². The fraction of sp³-hybridized carbons (Fsp3) is 0.739. The average Bonchev–Trinajstić information content (AvgIpc) is 2.66. The van der Waals surface area contributed by atoms with Crippen LogP contribution in [0, 0.1) is 17.8 Å². The molecule has 0 atom stereocenters. The molecule has 2 aliphatic carbocycles. The summed E-state index contributed by atoms with van der Waals surface area (Å²) in [6.45, 7) is 2.27. The molecule has 152 valence electrons.